The molecule has 4 N–H and O–H groups in total. The van der Waals surface area contributed by atoms with Crippen LogP contribution in [0.2, 0.25) is 0 Å². The summed E-state index contributed by atoms with van der Waals surface area (Å²) in [6, 6.07) is -0.299. The number of nitrogens with one attached hydrogen (secondary N) is 2. The van der Waals surface area contributed by atoms with E-state index in [0.717, 1.165) is 54.2 Å². The van der Waals surface area contributed by atoms with Gasteiger partial charge in [0.05, 0.1) is 17.3 Å². The number of rotatable bonds is 5. The van der Waals surface area contributed by atoms with Crippen molar-refractivity contribution >= 4 is 23.2 Å². The van der Waals surface area contributed by atoms with Gasteiger partial charge in [-0.05, 0) is 32.8 Å². The van der Waals surface area contributed by atoms with Gasteiger partial charge in [-0.1, -0.05) is 5.16 Å². The highest BCUT2D eigenvalue weighted by molar-refractivity contribution is 7.10. The molecule has 0 radical (unpaired) electrons. The van der Waals surface area contributed by atoms with Crippen molar-refractivity contribution in [2.45, 2.75) is 46.3 Å². The lowest BCUT2D eigenvalue weighted by atomic mass is 10.0. The highest BCUT2D eigenvalue weighted by atomic mass is 32.1. The lowest BCUT2D eigenvalue weighted by Gasteiger charge is -2.27. The molecule has 0 unspecified atom stereocenters. The maximum absolute atomic E-state index is 12.8. The smallest absolute Gasteiger partial charge is 0.252 e. The van der Waals surface area contributed by atoms with E-state index in [2.05, 4.69) is 30.6 Å². The van der Waals surface area contributed by atoms with Crippen LogP contribution in [0.5, 0.6) is 0 Å². The molecule has 148 valence electrons. The number of anilines is 1. The van der Waals surface area contributed by atoms with Crippen molar-refractivity contribution in [3.05, 3.63) is 44.2 Å². The number of carbonyl (C=O) groups excluding carboxylic acids is 1. The number of aromatic amines is 1. The Bertz CT molecular complexity index is 986. The normalized spacial score (nSPS) is 15.4. The van der Waals surface area contributed by atoms with Crippen LogP contribution >= 0.6 is 11.3 Å². The second-order valence-electron chi connectivity index (χ2n) is 7.09. The number of aryl methyl sites for hydroxylation is 2. The van der Waals surface area contributed by atoms with Gasteiger partial charge in [0.15, 0.2) is 0 Å². The summed E-state index contributed by atoms with van der Waals surface area (Å²) in [6.07, 6.45) is 0.842. The molecule has 4 heterocycles. The second-order valence-corrected chi connectivity index (χ2v) is 8.05. The number of nitrogens with two attached hydrogens (primary N) is 1. The fourth-order valence-electron chi connectivity index (χ4n) is 3.48. The molecule has 0 fully saturated rings. The molecule has 3 aromatic heterocycles. The first-order valence-electron chi connectivity index (χ1n) is 9.14. The molecule has 9 nitrogen and oxygen atoms in total. The molecule has 28 heavy (non-hydrogen) atoms. The summed E-state index contributed by atoms with van der Waals surface area (Å²) in [5, 5.41) is 15.5. The summed E-state index contributed by atoms with van der Waals surface area (Å²) in [7, 11) is 0. The van der Waals surface area contributed by atoms with Gasteiger partial charge in [-0.3, -0.25) is 14.8 Å². The Hall–Kier alpha value is -2.72. The van der Waals surface area contributed by atoms with E-state index < -0.39 is 0 Å². The molecule has 1 aliphatic rings. The molecule has 0 spiro atoms. The molecular formula is C18H23N7O2S. The zero-order valence-corrected chi connectivity index (χ0v) is 16.9. The van der Waals surface area contributed by atoms with Gasteiger partial charge >= 0.3 is 0 Å². The van der Waals surface area contributed by atoms with Crippen LogP contribution < -0.4 is 11.1 Å². The first-order chi connectivity index (χ1) is 13.4. The average Bonchev–Trinajstić information content (AvgIpc) is 3.36. The summed E-state index contributed by atoms with van der Waals surface area (Å²) in [5.74, 6) is 1.48. The van der Waals surface area contributed by atoms with Gasteiger partial charge in [0.2, 0.25) is 5.95 Å². The predicted octanol–water partition coefficient (Wildman–Crippen LogP) is 2.10. The van der Waals surface area contributed by atoms with Gasteiger partial charge in [0, 0.05) is 35.5 Å². The maximum atomic E-state index is 12.8. The van der Waals surface area contributed by atoms with Crippen LogP contribution in [0, 0.1) is 13.8 Å². The monoisotopic (exact) mass is 401 g/mol. The van der Waals surface area contributed by atoms with Gasteiger partial charge in [-0.25, -0.2) is 0 Å². The SMILES string of the molecule is Cc1noc(C)c1CN1CCc2c(C(=O)N[C@H](C)c3nc(N)n[nH]3)csc2C1. The molecule has 1 aliphatic heterocycles. The minimum absolute atomic E-state index is 0.0980. The van der Waals surface area contributed by atoms with Crippen LogP contribution in [0.4, 0.5) is 5.95 Å². The number of hydrogen-bond acceptors (Lipinski definition) is 8. The Morgan fingerprint density at radius 1 is 1.50 bits per heavy atom. The number of hydrogen-bond donors (Lipinski definition) is 3. The molecule has 0 aliphatic carbocycles. The van der Waals surface area contributed by atoms with Gasteiger partial charge < -0.3 is 15.6 Å². The van der Waals surface area contributed by atoms with Crippen LogP contribution in [-0.4, -0.2) is 37.7 Å². The van der Waals surface area contributed by atoms with E-state index >= 15 is 0 Å². The van der Waals surface area contributed by atoms with E-state index in [-0.39, 0.29) is 17.9 Å². The maximum Gasteiger partial charge on any atom is 0.252 e. The molecule has 1 atom stereocenters. The lowest BCUT2D eigenvalue weighted by Crippen LogP contribution is -2.32. The van der Waals surface area contributed by atoms with E-state index in [4.69, 9.17) is 10.3 Å². The van der Waals surface area contributed by atoms with Crippen molar-refractivity contribution in [2.75, 3.05) is 12.3 Å². The summed E-state index contributed by atoms with van der Waals surface area (Å²) in [6.45, 7) is 8.29. The third-order valence-corrected chi connectivity index (χ3v) is 6.12. The number of nitrogen functional groups attached to an aromatic ring is 1. The molecule has 0 bridgehead atoms. The first kappa shape index (κ1) is 18.6. The summed E-state index contributed by atoms with van der Waals surface area (Å²) in [4.78, 5) is 20.4. The number of carbonyl (C=O) groups is 1. The lowest BCUT2D eigenvalue weighted by molar-refractivity contribution is 0.0937. The van der Waals surface area contributed by atoms with Crippen molar-refractivity contribution < 1.29 is 9.32 Å². The summed E-state index contributed by atoms with van der Waals surface area (Å²) >= 11 is 1.63. The average molecular weight is 401 g/mol. The standard InChI is InChI=1S/C18H23N7O2S/c1-9-13(11(3)27-24-9)6-25-5-4-12-14(8-28-15(12)7-25)17(26)20-10(2)16-21-18(19)23-22-16/h8,10H,4-7H2,1-3H3,(H,20,26)(H3,19,21,22,23)/t10-/m1/s1. The highest BCUT2D eigenvalue weighted by Gasteiger charge is 2.26. The quantitative estimate of drug-likeness (QED) is 0.597. The number of nitrogens with zero attached hydrogens (tertiary/aromatic N) is 4. The van der Waals surface area contributed by atoms with Crippen LogP contribution in [-0.2, 0) is 19.5 Å². The van der Waals surface area contributed by atoms with Gasteiger partial charge in [0.25, 0.3) is 5.91 Å². The van der Waals surface area contributed by atoms with Crippen molar-refractivity contribution in [1.29, 1.82) is 0 Å². The Labute approximate surface area is 166 Å². The van der Waals surface area contributed by atoms with Crippen molar-refractivity contribution in [2.24, 2.45) is 0 Å². The van der Waals surface area contributed by atoms with Crippen molar-refractivity contribution in [1.82, 2.24) is 30.6 Å². The topological polar surface area (TPSA) is 126 Å². The minimum atomic E-state index is -0.299. The van der Waals surface area contributed by atoms with Gasteiger partial charge in [0.1, 0.15) is 11.6 Å². The zero-order valence-electron chi connectivity index (χ0n) is 16.1. The number of fused-ring (bicyclic) bond motifs is 1. The Morgan fingerprint density at radius 3 is 3.00 bits per heavy atom. The van der Waals surface area contributed by atoms with E-state index in [9.17, 15) is 4.79 Å². The van der Waals surface area contributed by atoms with Crippen LogP contribution in [0.25, 0.3) is 0 Å². The number of thiophene rings is 1. The Balaban J connectivity index is 1.44. The molecule has 0 aromatic carbocycles. The molecule has 0 saturated carbocycles. The number of H-pyrrole nitrogens is 1. The van der Waals surface area contributed by atoms with Crippen LogP contribution in [0.15, 0.2) is 9.90 Å². The van der Waals surface area contributed by atoms with Gasteiger partial charge in [-0.15, -0.1) is 16.4 Å². The molecule has 0 saturated heterocycles. The second kappa shape index (κ2) is 7.36. The number of amides is 1. The van der Waals surface area contributed by atoms with E-state index in [1.54, 1.807) is 11.3 Å². The van der Waals surface area contributed by atoms with Gasteiger partial charge in [-0.2, -0.15) is 4.98 Å². The fraction of sp³-hybridized carbons (Fsp3) is 0.444. The molecule has 3 aromatic rings. The largest absolute Gasteiger partial charge is 0.367 e. The van der Waals surface area contributed by atoms with E-state index in [1.165, 1.54) is 4.88 Å². The first-order valence-corrected chi connectivity index (χ1v) is 10.0. The predicted molar refractivity (Wildman–Crippen MR) is 105 cm³/mol. The Morgan fingerprint density at radius 2 is 2.32 bits per heavy atom. The van der Waals surface area contributed by atoms with Crippen LogP contribution in [0.3, 0.4) is 0 Å². The summed E-state index contributed by atoms with van der Waals surface area (Å²) < 4.78 is 5.27. The molecule has 1 amide bonds. The third kappa shape index (κ3) is 3.52. The van der Waals surface area contributed by atoms with E-state index in [0.29, 0.717) is 5.82 Å². The van der Waals surface area contributed by atoms with Crippen LogP contribution in [0.1, 0.15) is 56.6 Å². The molecular weight excluding hydrogens is 378 g/mol. The fourth-order valence-corrected chi connectivity index (χ4v) is 4.60. The minimum Gasteiger partial charge on any atom is -0.367 e. The van der Waals surface area contributed by atoms with Crippen molar-refractivity contribution in [3.63, 3.8) is 0 Å². The number of aromatic nitrogens is 4. The van der Waals surface area contributed by atoms with Crippen molar-refractivity contribution in [3.8, 4) is 0 Å². The third-order valence-electron chi connectivity index (χ3n) is 5.11. The molecule has 10 heteroatoms. The zero-order chi connectivity index (χ0) is 19.8. The van der Waals surface area contributed by atoms with E-state index in [1.807, 2.05) is 26.2 Å². The molecule has 4 rings (SSSR count). The Kier molecular flexibility index (Phi) is 4.90. The summed E-state index contributed by atoms with van der Waals surface area (Å²) in [5.41, 5.74) is 9.51. The highest BCUT2D eigenvalue weighted by Crippen LogP contribution is 2.30.